The van der Waals surface area contributed by atoms with Gasteiger partial charge in [0.05, 0.1) is 17.2 Å². The highest BCUT2D eigenvalue weighted by Gasteiger charge is 2.30. The Bertz CT molecular complexity index is 456. The maximum Gasteiger partial charge on any atom is 0.337 e. The van der Waals surface area contributed by atoms with Crippen molar-refractivity contribution in [2.45, 2.75) is 38.7 Å². The molecule has 0 saturated carbocycles. The molecule has 3 N–H and O–H groups in total. The number of amides is 1. The van der Waals surface area contributed by atoms with E-state index in [1.54, 1.807) is 11.3 Å². The number of rotatable bonds is 7. The molecule has 0 aliphatic rings. The third kappa shape index (κ3) is 5.35. The first kappa shape index (κ1) is 15.6. The van der Waals surface area contributed by atoms with E-state index in [1.807, 2.05) is 12.3 Å². The number of aryl methyl sites for hydroxylation is 2. The summed E-state index contributed by atoms with van der Waals surface area (Å²) < 4.78 is 0. The summed E-state index contributed by atoms with van der Waals surface area (Å²) in [4.78, 5) is 26.4. The number of hydrogen-bond acceptors (Lipinski definition) is 5. The smallest absolute Gasteiger partial charge is 0.337 e. The molecule has 1 aromatic rings. The van der Waals surface area contributed by atoms with Crippen LogP contribution in [0.4, 0.5) is 0 Å². The number of nitrogens with one attached hydrogen (secondary N) is 1. The minimum Gasteiger partial charge on any atom is -0.479 e. The topological polar surface area (TPSA) is 99.5 Å². The minimum atomic E-state index is -1.93. The van der Waals surface area contributed by atoms with Crippen molar-refractivity contribution in [3.05, 3.63) is 16.1 Å². The lowest BCUT2D eigenvalue weighted by molar-refractivity contribution is -0.156. The second-order valence-electron chi connectivity index (χ2n) is 4.57. The van der Waals surface area contributed by atoms with Gasteiger partial charge in [0, 0.05) is 11.8 Å². The van der Waals surface area contributed by atoms with Crippen LogP contribution in [0, 0.1) is 6.92 Å². The number of carboxylic acids is 1. The molecule has 106 valence electrons. The van der Waals surface area contributed by atoms with Gasteiger partial charge in [-0.15, -0.1) is 11.3 Å². The highest BCUT2D eigenvalue weighted by molar-refractivity contribution is 7.09. The van der Waals surface area contributed by atoms with Crippen LogP contribution in [0.3, 0.4) is 0 Å². The molecule has 1 rings (SSSR count). The predicted octanol–water partition coefficient (Wildman–Crippen LogP) is 0.726. The van der Waals surface area contributed by atoms with Gasteiger partial charge < -0.3 is 15.5 Å². The number of carbonyl (C=O) groups is 2. The van der Waals surface area contributed by atoms with Gasteiger partial charge in [0.25, 0.3) is 0 Å². The highest BCUT2D eigenvalue weighted by Crippen LogP contribution is 2.10. The lowest BCUT2D eigenvalue weighted by atomic mass is 10.1. The van der Waals surface area contributed by atoms with Crippen LogP contribution in [0.5, 0.6) is 0 Å². The normalized spacial score (nSPS) is 13.8. The van der Waals surface area contributed by atoms with Crippen LogP contribution in [0.25, 0.3) is 0 Å². The summed E-state index contributed by atoms with van der Waals surface area (Å²) in [7, 11) is 0. The average molecular weight is 286 g/mol. The van der Waals surface area contributed by atoms with Gasteiger partial charge in [0.1, 0.15) is 0 Å². The van der Waals surface area contributed by atoms with Crippen LogP contribution < -0.4 is 5.32 Å². The van der Waals surface area contributed by atoms with Crippen molar-refractivity contribution in [1.29, 1.82) is 0 Å². The van der Waals surface area contributed by atoms with Crippen molar-refractivity contribution in [3.8, 4) is 0 Å². The molecule has 1 unspecified atom stereocenters. The number of thiazole rings is 1. The summed E-state index contributed by atoms with van der Waals surface area (Å²) in [5.41, 5.74) is -0.963. The summed E-state index contributed by atoms with van der Waals surface area (Å²) in [5, 5.41) is 23.5. The molecule has 1 heterocycles. The van der Waals surface area contributed by atoms with E-state index in [9.17, 15) is 14.7 Å². The maximum atomic E-state index is 11.5. The minimum absolute atomic E-state index is 0.270. The lowest BCUT2D eigenvalue weighted by Gasteiger charge is -2.18. The molecule has 1 aromatic heterocycles. The molecule has 7 heteroatoms. The molecular weight excluding hydrogens is 268 g/mol. The molecule has 0 fully saturated rings. The largest absolute Gasteiger partial charge is 0.479 e. The Balaban J connectivity index is 2.23. The van der Waals surface area contributed by atoms with Gasteiger partial charge in [-0.25, -0.2) is 9.78 Å². The number of aliphatic carboxylic acids is 1. The zero-order valence-electron chi connectivity index (χ0n) is 11.0. The maximum absolute atomic E-state index is 11.5. The molecule has 1 atom stereocenters. The van der Waals surface area contributed by atoms with Crippen LogP contribution in [-0.2, 0) is 16.0 Å². The van der Waals surface area contributed by atoms with E-state index in [1.165, 1.54) is 0 Å². The molecule has 1 amide bonds. The standard InChI is InChI=1S/C12H18N2O4S/c1-8-14-9(6-19-8)4-3-5-10(15)13-7-12(2,18)11(16)17/h6,18H,3-5,7H2,1-2H3,(H,13,15)(H,16,17). The summed E-state index contributed by atoms with van der Waals surface area (Å²) >= 11 is 1.57. The van der Waals surface area contributed by atoms with E-state index >= 15 is 0 Å². The van der Waals surface area contributed by atoms with Gasteiger partial charge in [-0.1, -0.05) is 0 Å². The van der Waals surface area contributed by atoms with Gasteiger partial charge >= 0.3 is 5.97 Å². The number of nitrogens with zero attached hydrogens (tertiary/aromatic N) is 1. The molecule has 0 saturated heterocycles. The number of hydrogen-bond donors (Lipinski definition) is 3. The molecule has 0 aromatic carbocycles. The fourth-order valence-electron chi connectivity index (χ4n) is 1.39. The molecule has 0 spiro atoms. The number of aliphatic hydroxyl groups is 1. The zero-order chi connectivity index (χ0) is 14.5. The summed E-state index contributed by atoms with van der Waals surface area (Å²) in [6.07, 6.45) is 1.64. The first-order chi connectivity index (χ1) is 8.81. The van der Waals surface area contributed by atoms with Crippen molar-refractivity contribution in [2.75, 3.05) is 6.54 Å². The summed E-state index contributed by atoms with van der Waals surface area (Å²) in [6, 6.07) is 0. The van der Waals surface area contributed by atoms with E-state index in [2.05, 4.69) is 10.3 Å². The Morgan fingerprint density at radius 2 is 2.21 bits per heavy atom. The number of carboxylic acid groups (broad SMARTS) is 1. The Hall–Kier alpha value is -1.47. The Morgan fingerprint density at radius 3 is 2.74 bits per heavy atom. The van der Waals surface area contributed by atoms with Gasteiger partial charge in [0.2, 0.25) is 5.91 Å². The molecular formula is C12H18N2O4S. The lowest BCUT2D eigenvalue weighted by Crippen LogP contribution is -2.46. The molecule has 0 aliphatic heterocycles. The third-order valence-electron chi connectivity index (χ3n) is 2.59. The molecule has 6 nitrogen and oxygen atoms in total. The average Bonchev–Trinajstić information content (AvgIpc) is 2.72. The number of aromatic nitrogens is 1. The number of carbonyl (C=O) groups excluding carboxylic acids is 1. The predicted molar refractivity (Wildman–Crippen MR) is 71.1 cm³/mol. The van der Waals surface area contributed by atoms with Crippen LogP contribution in [-0.4, -0.2) is 39.2 Å². The van der Waals surface area contributed by atoms with Crippen molar-refractivity contribution in [1.82, 2.24) is 10.3 Å². The SMILES string of the molecule is Cc1nc(CCCC(=O)NCC(C)(O)C(=O)O)cs1. The summed E-state index contributed by atoms with van der Waals surface area (Å²) in [5.74, 6) is -1.63. The van der Waals surface area contributed by atoms with Gasteiger partial charge in [-0.05, 0) is 26.7 Å². The van der Waals surface area contributed by atoms with Crippen LogP contribution in [0.15, 0.2) is 5.38 Å². The third-order valence-corrected chi connectivity index (χ3v) is 3.42. The van der Waals surface area contributed by atoms with Gasteiger partial charge in [0.15, 0.2) is 5.60 Å². The summed E-state index contributed by atoms with van der Waals surface area (Å²) in [6.45, 7) is 2.78. The second kappa shape index (κ2) is 6.63. The zero-order valence-corrected chi connectivity index (χ0v) is 11.8. The van der Waals surface area contributed by atoms with Gasteiger partial charge in [-0.2, -0.15) is 0 Å². The van der Waals surface area contributed by atoms with E-state index < -0.39 is 11.6 Å². The van der Waals surface area contributed by atoms with Crippen LogP contribution >= 0.6 is 11.3 Å². The fraction of sp³-hybridized carbons (Fsp3) is 0.583. The Morgan fingerprint density at radius 1 is 1.53 bits per heavy atom. The first-order valence-electron chi connectivity index (χ1n) is 5.95. The monoisotopic (exact) mass is 286 g/mol. The first-order valence-corrected chi connectivity index (χ1v) is 6.83. The quantitative estimate of drug-likeness (QED) is 0.686. The second-order valence-corrected chi connectivity index (χ2v) is 5.63. The molecule has 0 bridgehead atoms. The van der Waals surface area contributed by atoms with E-state index in [4.69, 9.17) is 5.11 Å². The van der Waals surface area contributed by atoms with Crippen molar-refractivity contribution < 1.29 is 19.8 Å². The van der Waals surface area contributed by atoms with E-state index in [0.29, 0.717) is 12.8 Å². The molecule has 19 heavy (non-hydrogen) atoms. The van der Waals surface area contributed by atoms with Crippen LogP contribution in [0.2, 0.25) is 0 Å². The van der Waals surface area contributed by atoms with Crippen molar-refractivity contribution in [3.63, 3.8) is 0 Å². The van der Waals surface area contributed by atoms with E-state index in [0.717, 1.165) is 17.6 Å². The highest BCUT2D eigenvalue weighted by atomic mass is 32.1. The van der Waals surface area contributed by atoms with Crippen molar-refractivity contribution in [2.24, 2.45) is 0 Å². The fourth-order valence-corrected chi connectivity index (χ4v) is 2.03. The Labute approximate surface area is 115 Å². The van der Waals surface area contributed by atoms with Crippen LogP contribution in [0.1, 0.15) is 30.5 Å². The Kier molecular flexibility index (Phi) is 5.44. The molecule has 0 radical (unpaired) electrons. The van der Waals surface area contributed by atoms with Gasteiger partial charge in [-0.3, -0.25) is 4.79 Å². The van der Waals surface area contributed by atoms with E-state index in [-0.39, 0.29) is 18.9 Å². The molecule has 0 aliphatic carbocycles. The van der Waals surface area contributed by atoms with Crippen molar-refractivity contribution >= 4 is 23.2 Å².